The Labute approximate surface area is 95.6 Å². The largest absolute Gasteiger partial charge is 0.496 e. The van der Waals surface area contributed by atoms with Gasteiger partial charge in [0.2, 0.25) is 0 Å². The van der Waals surface area contributed by atoms with Crippen molar-refractivity contribution in [1.82, 2.24) is 0 Å². The summed E-state index contributed by atoms with van der Waals surface area (Å²) in [4.78, 5) is 10.4. The summed E-state index contributed by atoms with van der Waals surface area (Å²) in [5, 5.41) is 18.1. The van der Waals surface area contributed by atoms with Crippen LogP contribution in [0, 0.1) is 0 Å². The third-order valence-corrected chi connectivity index (χ3v) is 2.55. The van der Waals surface area contributed by atoms with E-state index >= 15 is 0 Å². The van der Waals surface area contributed by atoms with E-state index in [-0.39, 0.29) is 6.42 Å². The average molecular weight is 275 g/mol. The van der Waals surface area contributed by atoms with Crippen LogP contribution in [0.25, 0.3) is 0 Å². The lowest BCUT2D eigenvalue weighted by molar-refractivity contribution is -0.139. The molecule has 15 heavy (non-hydrogen) atoms. The van der Waals surface area contributed by atoms with Gasteiger partial charge in [0, 0.05) is 0 Å². The maximum atomic E-state index is 10.4. The van der Waals surface area contributed by atoms with Crippen LogP contribution in [0.4, 0.5) is 0 Å². The Morgan fingerprint density at radius 3 is 2.73 bits per heavy atom. The molecule has 0 saturated carbocycles. The smallest absolute Gasteiger partial charge is 0.306 e. The number of carbonyl (C=O) groups is 1. The molecule has 1 rings (SSSR count). The molecular weight excluding hydrogens is 264 g/mol. The molecule has 0 aliphatic carbocycles. The number of methoxy groups -OCH3 is 1. The molecule has 0 heterocycles. The van der Waals surface area contributed by atoms with Gasteiger partial charge in [-0.2, -0.15) is 0 Å². The van der Waals surface area contributed by atoms with Crippen molar-refractivity contribution >= 4 is 21.9 Å². The van der Waals surface area contributed by atoms with Gasteiger partial charge in [0.1, 0.15) is 5.75 Å². The summed E-state index contributed by atoms with van der Waals surface area (Å²) in [6.07, 6.45) is -1.30. The van der Waals surface area contributed by atoms with Crippen LogP contribution in [0.5, 0.6) is 5.75 Å². The molecule has 0 aliphatic rings. The lowest BCUT2D eigenvalue weighted by Gasteiger charge is -2.10. The van der Waals surface area contributed by atoms with Crippen LogP contribution in [0.3, 0.4) is 0 Å². The fourth-order valence-corrected chi connectivity index (χ4v) is 1.73. The number of benzene rings is 1. The van der Waals surface area contributed by atoms with Crippen molar-refractivity contribution in [2.45, 2.75) is 12.5 Å². The Bertz CT molecular complexity index is 364. The molecule has 0 unspecified atom stereocenters. The quantitative estimate of drug-likeness (QED) is 0.881. The van der Waals surface area contributed by atoms with E-state index in [4.69, 9.17) is 9.84 Å². The lowest BCUT2D eigenvalue weighted by atomic mass is 10.1. The van der Waals surface area contributed by atoms with E-state index in [2.05, 4.69) is 15.9 Å². The number of carboxylic acid groups (broad SMARTS) is 1. The predicted molar refractivity (Wildman–Crippen MR) is 57.9 cm³/mol. The number of halogens is 1. The number of ether oxygens (including phenoxy) is 1. The number of rotatable bonds is 4. The van der Waals surface area contributed by atoms with Gasteiger partial charge in [0.05, 0.1) is 24.1 Å². The van der Waals surface area contributed by atoms with Crippen LogP contribution >= 0.6 is 15.9 Å². The second kappa shape index (κ2) is 5.14. The van der Waals surface area contributed by atoms with Crippen molar-refractivity contribution < 1.29 is 19.7 Å². The van der Waals surface area contributed by atoms with Crippen molar-refractivity contribution in [3.8, 4) is 5.75 Å². The first-order chi connectivity index (χ1) is 7.04. The number of aliphatic hydroxyl groups excluding tert-OH is 1. The lowest BCUT2D eigenvalue weighted by Crippen LogP contribution is -2.05. The zero-order chi connectivity index (χ0) is 11.4. The summed E-state index contributed by atoms with van der Waals surface area (Å²) >= 11 is 3.26. The van der Waals surface area contributed by atoms with Crippen LogP contribution in [-0.4, -0.2) is 23.3 Å². The fraction of sp³-hybridized carbons (Fsp3) is 0.300. The predicted octanol–water partition coefficient (Wildman–Crippen LogP) is 1.97. The SMILES string of the molecule is COc1ccc([C@@H](O)CC(=O)O)cc1Br. The molecule has 0 aliphatic heterocycles. The number of carboxylic acids is 1. The summed E-state index contributed by atoms with van der Waals surface area (Å²) in [6, 6.07) is 4.95. The molecule has 1 aromatic rings. The standard InChI is InChI=1S/C10H11BrO4/c1-15-9-3-2-6(4-7(9)11)8(12)5-10(13)14/h2-4,8,12H,5H2,1H3,(H,13,14)/t8-/m0/s1. The van der Waals surface area contributed by atoms with Gasteiger partial charge in [0.15, 0.2) is 0 Å². The number of aliphatic carboxylic acids is 1. The zero-order valence-electron chi connectivity index (χ0n) is 8.11. The molecule has 0 fully saturated rings. The summed E-state index contributed by atoms with van der Waals surface area (Å²) in [5.74, 6) is -0.393. The second-order valence-electron chi connectivity index (χ2n) is 3.01. The van der Waals surface area contributed by atoms with Crippen molar-refractivity contribution in [3.05, 3.63) is 28.2 Å². The maximum absolute atomic E-state index is 10.4. The van der Waals surface area contributed by atoms with Crippen LogP contribution < -0.4 is 4.74 Å². The number of hydrogen-bond donors (Lipinski definition) is 2. The van der Waals surface area contributed by atoms with Crippen molar-refractivity contribution in [3.63, 3.8) is 0 Å². The van der Waals surface area contributed by atoms with Crippen LogP contribution in [-0.2, 0) is 4.79 Å². The van der Waals surface area contributed by atoms with E-state index in [9.17, 15) is 9.90 Å². The van der Waals surface area contributed by atoms with Crippen LogP contribution in [0.1, 0.15) is 18.1 Å². The normalized spacial score (nSPS) is 12.2. The molecule has 0 bridgehead atoms. The van der Waals surface area contributed by atoms with E-state index in [1.54, 1.807) is 18.2 Å². The Hall–Kier alpha value is -1.07. The molecule has 0 spiro atoms. The summed E-state index contributed by atoms with van der Waals surface area (Å²) in [7, 11) is 1.54. The van der Waals surface area contributed by atoms with Crippen molar-refractivity contribution in [1.29, 1.82) is 0 Å². The molecule has 82 valence electrons. The second-order valence-corrected chi connectivity index (χ2v) is 3.86. The van der Waals surface area contributed by atoms with Gasteiger partial charge in [-0.15, -0.1) is 0 Å². The van der Waals surface area contributed by atoms with Gasteiger partial charge in [-0.05, 0) is 33.6 Å². The molecule has 2 N–H and O–H groups in total. The third kappa shape index (κ3) is 3.21. The summed E-state index contributed by atoms with van der Waals surface area (Å²) in [6.45, 7) is 0. The van der Waals surface area contributed by atoms with Crippen LogP contribution in [0.2, 0.25) is 0 Å². The molecule has 0 saturated heterocycles. The summed E-state index contributed by atoms with van der Waals surface area (Å²) in [5.41, 5.74) is 0.546. The highest BCUT2D eigenvalue weighted by atomic mass is 79.9. The molecule has 1 aromatic carbocycles. The molecule has 0 radical (unpaired) electrons. The highest BCUT2D eigenvalue weighted by Gasteiger charge is 2.13. The Morgan fingerprint density at radius 1 is 1.60 bits per heavy atom. The first-order valence-corrected chi connectivity index (χ1v) is 5.07. The Kier molecular flexibility index (Phi) is 4.11. The number of hydrogen-bond acceptors (Lipinski definition) is 3. The molecule has 1 atom stereocenters. The highest BCUT2D eigenvalue weighted by Crippen LogP contribution is 2.28. The minimum atomic E-state index is -1.03. The zero-order valence-corrected chi connectivity index (χ0v) is 9.69. The topological polar surface area (TPSA) is 66.8 Å². The van der Waals surface area contributed by atoms with Crippen molar-refractivity contribution in [2.75, 3.05) is 7.11 Å². The van der Waals surface area contributed by atoms with Gasteiger partial charge >= 0.3 is 5.97 Å². The maximum Gasteiger partial charge on any atom is 0.306 e. The Balaban J connectivity index is 2.87. The highest BCUT2D eigenvalue weighted by molar-refractivity contribution is 9.10. The molecular formula is C10H11BrO4. The van der Waals surface area contributed by atoms with E-state index in [1.165, 1.54) is 7.11 Å². The van der Waals surface area contributed by atoms with Crippen LogP contribution in [0.15, 0.2) is 22.7 Å². The minimum absolute atomic E-state index is 0.307. The van der Waals surface area contributed by atoms with Gasteiger partial charge in [-0.3, -0.25) is 4.79 Å². The minimum Gasteiger partial charge on any atom is -0.496 e. The summed E-state index contributed by atoms with van der Waals surface area (Å²) < 4.78 is 5.70. The molecule has 5 heteroatoms. The van der Waals surface area contributed by atoms with E-state index in [0.29, 0.717) is 15.8 Å². The van der Waals surface area contributed by atoms with Gasteiger partial charge < -0.3 is 14.9 Å². The number of aliphatic hydroxyl groups is 1. The monoisotopic (exact) mass is 274 g/mol. The van der Waals surface area contributed by atoms with Gasteiger partial charge in [-0.1, -0.05) is 6.07 Å². The Morgan fingerprint density at radius 2 is 2.27 bits per heavy atom. The molecule has 0 aromatic heterocycles. The molecule has 4 nitrogen and oxygen atoms in total. The van der Waals surface area contributed by atoms with E-state index < -0.39 is 12.1 Å². The van der Waals surface area contributed by atoms with Crippen molar-refractivity contribution in [2.24, 2.45) is 0 Å². The van der Waals surface area contributed by atoms with Gasteiger partial charge in [0.25, 0.3) is 0 Å². The average Bonchev–Trinajstić information content (AvgIpc) is 2.16. The van der Waals surface area contributed by atoms with E-state index in [1.807, 2.05) is 0 Å². The van der Waals surface area contributed by atoms with E-state index in [0.717, 1.165) is 0 Å². The van der Waals surface area contributed by atoms with Gasteiger partial charge in [-0.25, -0.2) is 0 Å². The molecule has 0 amide bonds. The first kappa shape index (κ1) is 12.0. The fourth-order valence-electron chi connectivity index (χ4n) is 1.17. The first-order valence-electron chi connectivity index (χ1n) is 4.28. The third-order valence-electron chi connectivity index (χ3n) is 1.93.